The standard InChI is InChI=1S/C22H28N4O6S/c1-16(2)24(3)22(27)18-6-4-17(5-7-18)15-23-20-9-8-19(14-21(20)26(28)29)33(30,31)25-10-12-32-13-11-25/h4-9,14,16,23H,10-13,15H2,1-3H3. The molecule has 0 saturated carbocycles. The number of morpholine rings is 1. The maximum absolute atomic E-state index is 12.8. The Morgan fingerprint density at radius 3 is 2.39 bits per heavy atom. The summed E-state index contributed by atoms with van der Waals surface area (Å²) in [6.07, 6.45) is 0. The maximum atomic E-state index is 12.8. The first kappa shape index (κ1) is 24.6. The number of carbonyl (C=O) groups excluding carboxylic acids is 1. The van der Waals surface area contributed by atoms with Crippen molar-refractivity contribution >= 4 is 27.3 Å². The van der Waals surface area contributed by atoms with E-state index in [0.29, 0.717) is 18.8 Å². The molecular weight excluding hydrogens is 448 g/mol. The van der Waals surface area contributed by atoms with Gasteiger partial charge in [-0.1, -0.05) is 12.1 Å². The van der Waals surface area contributed by atoms with Crippen molar-refractivity contribution in [3.05, 3.63) is 63.7 Å². The highest BCUT2D eigenvalue weighted by atomic mass is 32.2. The van der Waals surface area contributed by atoms with Crippen LogP contribution in [0.25, 0.3) is 0 Å². The number of benzene rings is 2. The smallest absolute Gasteiger partial charge is 0.293 e. The molecule has 0 bridgehead atoms. The molecule has 0 radical (unpaired) electrons. The number of rotatable bonds is 8. The van der Waals surface area contributed by atoms with Crippen molar-refractivity contribution in [1.29, 1.82) is 0 Å². The van der Waals surface area contributed by atoms with Crippen LogP contribution in [0.3, 0.4) is 0 Å². The van der Waals surface area contributed by atoms with Gasteiger partial charge >= 0.3 is 0 Å². The Balaban J connectivity index is 1.75. The molecular formula is C22H28N4O6S. The first-order valence-corrected chi connectivity index (χ1v) is 12.0. The topological polar surface area (TPSA) is 122 Å². The second-order valence-corrected chi connectivity index (χ2v) is 9.95. The number of sulfonamides is 1. The number of nitrogens with one attached hydrogen (secondary N) is 1. The molecule has 11 heteroatoms. The molecule has 1 amide bonds. The lowest BCUT2D eigenvalue weighted by atomic mass is 10.1. The van der Waals surface area contributed by atoms with Crippen LogP contribution in [0.2, 0.25) is 0 Å². The van der Waals surface area contributed by atoms with E-state index in [4.69, 9.17) is 4.74 Å². The summed E-state index contributed by atoms with van der Waals surface area (Å²) in [5.41, 5.74) is 1.26. The number of amides is 1. The first-order valence-electron chi connectivity index (χ1n) is 10.6. The van der Waals surface area contributed by atoms with Crippen LogP contribution in [0, 0.1) is 10.1 Å². The van der Waals surface area contributed by atoms with Crippen molar-refractivity contribution in [3.63, 3.8) is 0 Å². The second-order valence-electron chi connectivity index (χ2n) is 8.01. The van der Waals surface area contributed by atoms with Crippen LogP contribution in [-0.4, -0.2) is 67.8 Å². The summed E-state index contributed by atoms with van der Waals surface area (Å²) in [4.78, 5) is 24.9. The minimum Gasteiger partial charge on any atom is -0.379 e. The highest BCUT2D eigenvalue weighted by molar-refractivity contribution is 7.89. The third kappa shape index (κ3) is 5.67. The molecule has 178 valence electrons. The van der Waals surface area contributed by atoms with Crippen LogP contribution < -0.4 is 5.32 Å². The number of hydrogen-bond donors (Lipinski definition) is 1. The number of nitro groups is 1. The van der Waals surface area contributed by atoms with Crippen LogP contribution in [0.15, 0.2) is 47.4 Å². The molecule has 1 aliphatic rings. The summed E-state index contributed by atoms with van der Waals surface area (Å²) < 4.78 is 32.1. The predicted molar refractivity (Wildman–Crippen MR) is 124 cm³/mol. The molecule has 0 aliphatic carbocycles. The van der Waals surface area contributed by atoms with E-state index in [-0.39, 0.29) is 47.9 Å². The fraction of sp³-hybridized carbons (Fsp3) is 0.409. The zero-order valence-corrected chi connectivity index (χ0v) is 19.7. The van der Waals surface area contributed by atoms with E-state index in [2.05, 4.69) is 5.32 Å². The molecule has 0 aromatic heterocycles. The molecule has 10 nitrogen and oxygen atoms in total. The minimum absolute atomic E-state index is 0.0782. The number of ether oxygens (including phenoxy) is 1. The van der Waals surface area contributed by atoms with Gasteiger partial charge in [-0.3, -0.25) is 14.9 Å². The Kier molecular flexibility index (Phi) is 7.67. The van der Waals surface area contributed by atoms with Gasteiger partial charge in [0.2, 0.25) is 10.0 Å². The lowest BCUT2D eigenvalue weighted by molar-refractivity contribution is -0.384. The highest BCUT2D eigenvalue weighted by Gasteiger charge is 2.28. The summed E-state index contributed by atoms with van der Waals surface area (Å²) >= 11 is 0. The van der Waals surface area contributed by atoms with E-state index in [0.717, 1.165) is 11.6 Å². The van der Waals surface area contributed by atoms with Gasteiger partial charge in [0.15, 0.2) is 0 Å². The average Bonchev–Trinajstić information content (AvgIpc) is 2.82. The summed E-state index contributed by atoms with van der Waals surface area (Å²) in [5.74, 6) is -0.0859. The summed E-state index contributed by atoms with van der Waals surface area (Å²) in [5, 5.41) is 14.6. The van der Waals surface area contributed by atoms with Crippen molar-refractivity contribution in [2.75, 3.05) is 38.7 Å². The van der Waals surface area contributed by atoms with Gasteiger partial charge in [0.05, 0.1) is 23.0 Å². The molecule has 2 aromatic rings. The molecule has 1 N–H and O–H groups in total. The van der Waals surface area contributed by atoms with Gasteiger partial charge in [-0.25, -0.2) is 8.42 Å². The highest BCUT2D eigenvalue weighted by Crippen LogP contribution is 2.29. The van der Waals surface area contributed by atoms with Crippen LogP contribution >= 0.6 is 0 Å². The van der Waals surface area contributed by atoms with Crippen LogP contribution in [0.1, 0.15) is 29.8 Å². The van der Waals surface area contributed by atoms with Gasteiger partial charge in [0.1, 0.15) is 5.69 Å². The van der Waals surface area contributed by atoms with Gasteiger partial charge in [0, 0.05) is 44.4 Å². The number of hydrogen-bond acceptors (Lipinski definition) is 7. The van der Waals surface area contributed by atoms with E-state index in [1.54, 1.807) is 36.2 Å². The van der Waals surface area contributed by atoms with Gasteiger partial charge in [-0.2, -0.15) is 4.31 Å². The average molecular weight is 477 g/mol. The van der Waals surface area contributed by atoms with Gasteiger partial charge in [-0.05, 0) is 43.7 Å². The molecule has 1 fully saturated rings. The monoisotopic (exact) mass is 476 g/mol. The summed E-state index contributed by atoms with van der Waals surface area (Å²) in [7, 11) is -2.10. The maximum Gasteiger partial charge on any atom is 0.293 e. The van der Waals surface area contributed by atoms with Crippen molar-refractivity contribution in [2.45, 2.75) is 31.3 Å². The van der Waals surface area contributed by atoms with Crippen LogP contribution in [0.4, 0.5) is 11.4 Å². The molecule has 0 unspecified atom stereocenters. The van der Waals surface area contributed by atoms with Crippen molar-refractivity contribution in [3.8, 4) is 0 Å². The minimum atomic E-state index is -3.84. The number of nitro benzene ring substituents is 1. The lowest BCUT2D eigenvalue weighted by Gasteiger charge is -2.26. The van der Waals surface area contributed by atoms with E-state index in [1.165, 1.54) is 16.4 Å². The van der Waals surface area contributed by atoms with E-state index >= 15 is 0 Å². The summed E-state index contributed by atoms with van der Waals surface area (Å²) in [6, 6.07) is 10.9. The largest absolute Gasteiger partial charge is 0.379 e. The van der Waals surface area contributed by atoms with Gasteiger partial charge < -0.3 is 15.0 Å². The fourth-order valence-electron chi connectivity index (χ4n) is 3.31. The van der Waals surface area contributed by atoms with Crippen molar-refractivity contribution < 1.29 is 22.9 Å². The Bertz CT molecular complexity index is 1110. The Morgan fingerprint density at radius 1 is 1.18 bits per heavy atom. The third-order valence-corrected chi connectivity index (χ3v) is 7.45. The molecule has 2 aromatic carbocycles. The predicted octanol–water partition coefficient (Wildman–Crippen LogP) is 2.71. The van der Waals surface area contributed by atoms with E-state index in [9.17, 15) is 23.3 Å². The second kappa shape index (κ2) is 10.3. The molecule has 0 spiro atoms. The molecule has 1 aliphatic heterocycles. The van der Waals surface area contributed by atoms with E-state index < -0.39 is 14.9 Å². The van der Waals surface area contributed by atoms with Crippen LogP contribution in [-0.2, 0) is 21.3 Å². The molecule has 1 heterocycles. The van der Waals surface area contributed by atoms with Gasteiger partial charge in [0.25, 0.3) is 11.6 Å². The molecule has 1 saturated heterocycles. The molecule has 3 rings (SSSR count). The Hall–Kier alpha value is -3.02. The summed E-state index contributed by atoms with van der Waals surface area (Å²) in [6.45, 7) is 5.13. The van der Waals surface area contributed by atoms with Crippen LogP contribution in [0.5, 0.6) is 0 Å². The fourth-order valence-corrected chi connectivity index (χ4v) is 4.74. The molecule has 0 atom stereocenters. The number of nitrogens with zero attached hydrogens (tertiary/aromatic N) is 3. The van der Waals surface area contributed by atoms with E-state index in [1.807, 2.05) is 13.8 Å². The normalized spacial score (nSPS) is 14.8. The van der Waals surface area contributed by atoms with Crippen molar-refractivity contribution in [2.24, 2.45) is 0 Å². The third-order valence-electron chi connectivity index (χ3n) is 5.55. The number of carbonyl (C=O) groups is 1. The van der Waals surface area contributed by atoms with Crippen molar-refractivity contribution in [1.82, 2.24) is 9.21 Å². The quantitative estimate of drug-likeness (QED) is 0.459. The zero-order valence-electron chi connectivity index (χ0n) is 18.9. The Labute approximate surface area is 193 Å². The lowest BCUT2D eigenvalue weighted by Crippen LogP contribution is -2.40. The zero-order chi connectivity index (χ0) is 24.2. The number of anilines is 1. The first-order chi connectivity index (χ1) is 15.6. The SMILES string of the molecule is CC(C)N(C)C(=O)c1ccc(CNc2ccc(S(=O)(=O)N3CCOCC3)cc2[N+](=O)[O-])cc1. The molecule has 33 heavy (non-hydrogen) atoms. The Morgan fingerprint density at radius 2 is 1.82 bits per heavy atom. The van der Waals surface area contributed by atoms with Gasteiger partial charge in [-0.15, -0.1) is 0 Å².